The lowest BCUT2D eigenvalue weighted by Gasteiger charge is -2.26. The Labute approximate surface area is 148 Å². The van der Waals surface area contributed by atoms with Crippen molar-refractivity contribution in [2.45, 2.75) is 31.8 Å². The second kappa shape index (κ2) is 8.07. The summed E-state index contributed by atoms with van der Waals surface area (Å²) in [5.41, 5.74) is 1.55. The van der Waals surface area contributed by atoms with Crippen molar-refractivity contribution in [1.82, 2.24) is 15.5 Å². The predicted octanol–water partition coefficient (Wildman–Crippen LogP) is 2.58. The molecule has 0 spiro atoms. The van der Waals surface area contributed by atoms with Gasteiger partial charge in [0.05, 0.1) is 6.04 Å². The minimum atomic E-state index is -0.176. The van der Waals surface area contributed by atoms with Gasteiger partial charge in [-0.2, -0.15) is 0 Å². The zero-order chi connectivity index (χ0) is 17.6. The molecule has 2 aromatic rings. The largest absolute Gasteiger partial charge is 0.381 e. The van der Waals surface area contributed by atoms with Crippen molar-refractivity contribution in [1.29, 1.82) is 0 Å². The van der Waals surface area contributed by atoms with Gasteiger partial charge in [-0.3, -0.25) is 4.79 Å². The van der Waals surface area contributed by atoms with Gasteiger partial charge in [-0.15, -0.1) is 10.2 Å². The van der Waals surface area contributed by atoms with Crippen LogP contribution in [-0.2, 0) is 4.74 Å². The molecule has 1 fully saturated rings. The van der Waals surface area contributed by atoms with Crippen molar-refractivity contribution < 1.29 is 9.53 Å². The second-order valence-electron chi connectivity index (χ2n) is 6.33. The first-order chi connectivity index (χ1) is 12.1. The molecule has 3 rings (SSSR count). The highest BCUT2D eigenvalue weighted by molar-refractivity contribution is 5.92. The van der Waals surface area contributed by atoms with Gasteiger partial charge < -0.3 is 15.0 Å². The fourth-order valence-electron chi connectivity index (χ4n) is 2.89. The van der Waals surface area contributed by atoms with E-state index in [4.69, 9.17) is 4.74 Å². The van der Waals surface area contributed by atoms with Gasteiger partial charge in [-0.05, 0) is 37.5 Å². The van der Waals surface area contributed by atoms with Crippen LogP contribution in [0.15, 0.2) is 42.5 Å². The summed E-state index contributed by atoms with van der Waals surface area (Å²) in [7, 11) is 1.98. The molecule has 1 saturated heterocycles. The number of benzene rings is 1. The fraction of sp³-hybridized carbons (Fsp3) is 0.421. The molecule has 1 amide bonds. The number of anilines is 1. The zero-order valence-electron chi connectivity index (χ0n) is 14.7. The average Bonchev–Trinajstić information content (AvgIpc) is 2.68. The maximum atomic E-state index is 12.3. The van der Waals surface area contributed by atoms with Crippen molar-refractivity contribution in [3.8, 4) is 0 Å². The molecule has 2 heterocycles. The highest BCUT2D eigenvalue weighted by atomic mass is 16.5. The highest BCUT2D eigenvalue weighted by Crippen LogP contribution is 2.23. The number of amides is 1. The third-order valence-corrected chi connectivity index (χ3v) is 4.66. The van der Waals surface area contributed by atoms with Crippen LogP contribution in [-0.4, -0.2) is 42.4 Å². The third kappa shape index (κ3) is 4.33. The first-order valence-corrected chi connectivity index (χ1v) is 8.65. The van der Waals surface area contributed by atoms with Gasteiger partial charge in [0.2, 0.25) is 0 Å². The number of carbonyl (C=O) groups excluding carboxylic acids is 1. The first-order valence-electron chi connectivity index (χ1n) is 8.65. The van der Waals surface area contributed by atoms with Gasteiger partial charge in [0.1, 0.15) is 0 Å². The van der Waals surface area contributed by atoms with E-state index in [9.17, 15) is 4.79 Å². The molecule has 0 radical (unpaired) electrons. The third-order valence-electron chi connectivity index (χ3n) is 4.66. The number of ether oxygens (including phenoxy) is 1. The van der Waals surface area contributed by atoms with Crippen LogP contribution >= 0.6 is 0 Å². The van der Waals surface area contributed by atoms with Gasteiger partial charge in [0.15, 0.2) is 11.5 Å². The van der Waals surface area contributed by atoms with Gasteiger partial charge in [-0.1, -0.05) is 30.3 Å². The van der Waals surface area contributed by atoms with Crippen molar-refractivity contribution in [3.05, 3.63) is 53.7 Å². The van der Waals surface area contributed by atoms with E-state index in [1.165, 1.54) is 5.56 Å². The van der Waals surface area contributed by atoms with Crippen LogP contribution in [0.5, 0.6) is 0 Å². The summed E-state index contributed by atoms with van der Waals surface area (Å²) in [4.78, 5) is 14.3. The van der Waals surface area contributed by atoms with Gasteiger partial charge >= 0.3 is 0 Å². The summed E-state index contributed by atoms with van der Waals surface area (Å²) in [6, 6.07) is 14.1. The number of nitrogens with zero attached hydrogens (tertiary/aromatic N) is 3. The monoisotopic (exact) mass is 340 g/mol. The predicted molar refractivity (Wildman–Crippen MR) is 96.6 cm³/mol. The Morgan fingerprint density at radius 3 is 2.52 bits per heavy atom. The molecular formula is C19H24N4O2. The molecule has 0 bridgehead atoms. The molecule has 1 N–H and O–H groups in total. The van der Waals surface area contributed by atoms with E-state index in [2.05, 4.69) is 34.6 Å². The Bertz CT molecular complexity index is 684. The molecule has 132 valence electrons. The number of carbonyl (C=O) groups is 1. The molecule has 1 aromatic heterocycles. The summed E-state index contributed by atoms with van der Waals surface area (Å²) in [6.07, 6.45) is 1.68. The zero-order valence-corrected chi connectivity index (χ0v) is 14.7. The molecule has 1 aliphatic rings. The molecule has 0 saturated carbocycles. The quantitative estimate of drug-likeness (QED) is 0.906. The van der Waals surface area contributed by atoms with Crippen LogP contribution in [0.25, 0.3) is 0 Å². The second-order valence-corrected chi connectivity index (χ2v) is 6.33. The number of aromatic nitrogens is 2. The standard InChI is InChI=1S/C19H24N4O2/c1-14(15-6-4-3-5-7-15)23(2)18-9-8-17(21-22-18)19(24)20-16-10-12-25-13-11-16/h3-9,14,16H,10-13H2,1-2H3,(H,20,24). The summed E-state index contributed by atoms with van der Waals surface area (Å²) >= 11 is 0. The number of hydrogen-bond donors (Lipinski definition) is 1. The van der Waals surface area contributed by atoms with Crippen molar-refractivity contribution in [2.24, 2.45) is 0 Å². The van der Waals surface area contributed by atoms with Crippen LogP contribution in [0, 0.1) is 0 Å². The Morgan fingerprint density at radius 2 is 1.88 bits per heavy atom. The Hall–Kier alpha value is -2.47. The van der Waals surface area contributed by atoms with E-state index in [0.717, 1.165) is 18.7 Å². The van der Waals surface area contributed by atoms with Crippen LogP contribution in [0.3, 0.4) is 0 Å². The summed E-state index contributed by atoms with van der Waals surface area (Å²) in [5.74, 6) is 0.559. The normalized spacial score (nSPS) is 16.2. The Kier molecular flexibility index (Phi) is 5.60. The minimum Gasteiger partial charge on any atom is -0.381 e. The molecule has 6 nitrogen and oxygen atoms in total. The van der Waals surface area contributed by atoms with Crippen molar-refractivity contribution in [3.63, 3.8) is 0 Å². The van der Waals surface area contributed by atoms with Gasteiger partial charge in [0, 0.05) is 26.3 Å². The van der Waals surface area contributed by atoms with Gasteiger partial charge in [0.25, 0.3) is 5.91 Å². The molecule has 6 heteroatoms. The lowest BCUT2D eigenvalue weighted by atomic mass is 10.1. The van der Waals surface area contributed by atoms with Gasteiger partial charge in [-0.25, -0.2) is 0 Å². The number of nitrogens with one attached hydrogen (secondary N) is 1. The lowest BCUT2D eigenvalue weighted by Crippen LogP contribution is -2.39. The smallest absolute Gasteiger partial charge is 0.272 e. The number of hydrogen-bond acceptors (Lipinski definition) is 5. The topological polar surface area (TPSA) is 67.4 Å². The molecule has 1 aliphatic heterocycles. The van der Waals surface area contributed by atoms with Crippen molar-refractivity contribution >= 4 is 11.7 Å². The van der Waals surface area contributed by atoms with E-state index >= 15 is 0 Å². The van der Waals surface area contributed by atoms with Crippen LogP contribution in [0.4, 0.5) is 5.82 Å². The van der Waals surface area contributed by atoms with E-state index in [1.807, 2.05) is 36.2 Å². The van der Waals surface area contributed by atoms with E-state index in [0.29, 0.717) is 18.9 Å². The van der Waals surface area contributed by atoms with Crippen LogP contribution in [0.1, 0.15) is 41.9 Å². The Balaban J connectivity index is 1.64. The molecule has 0 aliphatic carbocycles. The van der Waals surface area contributed by atoms with Crippen LogP contribution in [0.2, 0.25) is 0 Å². The fourth-order valence-corrected chi connectivity index (χ4v) is 2.89. The van der Waals surface area contributed by atoms with E-state index in [-0.39, 0.29) is 18.0 Å². The Morgan fingerprint density at radius 1 is 1.16 bits per heavy atom. The van der Waals surface area contributed by atoms with E-state index in [1.54, 1.807) is 6.07 Å². The maximum absolute atomic E-state index is 12.3. The summed E-state index contributed by atoms with van der Waals surface area (Å²) in [6.45, 7) is 3.50. The molecule has 1 atom stereocenters. The van der Waals surface area contributed by atoms with Crippen LogP contribution < -0.4 is 10.2 Å². The van der Waals surface area contributed by atoms with E-state index < -0.39 is 0 Å². The first kappa shape index (κ1) is 17.4. The minimum absolute atomic E-state index is 0.156. The molecule has 1 unspecified atom stereocenters. The summed E-state index contributed by atoms with van der Waals surface area (Å²) in [5, 5.41) is 11.3. The lowest BCUT2D eigenvalue weighted by molar-refractivity contribution is 0.0693. The van der Waals surface area contributed by atoms with Crippen molar-refractivity contribution in [2.75, 3.05) is 25.2 Å². The summed E-state index contributed by atoms with van der Waals surface area (Å²) < 4.78 is 5.30. The average molecular weight is 340 g/mol. The number of rotatable bonds is 5. The highest BCUT2D eigenvalue weighted by Gasteiger charge is 2.19. The molecular weight excluding hydrogens is 316 g/mol. The molecule has 25 heavy (non-hydrogen) atoms. The maximum Gasteiger partial charge on any atom is 0.272 e. The SMILES string of the molecule is CC(c1ccccc1)N(C)c1ccc(C(=O)NC2CCOCC2)nn1. The molecule has 1 aromatic carbocycles.